The van der Waals surface area contributed by atoms with Gasteiger partial charge < -0.3 is 14.0 Å². The lowest BCUT2D eigenvalue weighted by Gasteiger charge is -2.34. The second kappa shape index (κ2) is 10.8. The Morgan fingerprint density at radius 1 is 1.03 bits per heavy atom. The largest absolute Gasteiger partial charge is 0.489 e. The highest BCUT2D eigenvalue weighted by molar-refractivity contribution is 9.10. The zero-order chi connectivity index (χ0) is 27.0. The molecule has 1 N–H and O–H groups in total. The van der Waals surface area contributed by atoms with Gasteiger partial charge in [-0.1, -0.05) is 52.3 Å². The molecule has 1 atom stereocenters. The normalized spacial score (nSPS) is 17.6. The third-order valence-corrected chi connectivity index (χ3v) is 7.64. The summed E-state index contributed by atoms with van der Waals surface area (Å²) < 4.78 is 40.9. The molecule has 6 rings (SSSR count). The average molecular weight is 602 g/mol. The fourth-order valence-corrected chi connectivity index (χ4v) is 5.86. The third kappa shape index (κ3) is 5.37. The Morgan fingerprint density at radius 2 is 1.68 bits per heavy atom. The van der Waals surface area contributed by atoms with Crippen molar-refractivity contribution in [1.82, 2.24) is 9.47 Å². The van der Waals surface area contributed by atoms with Gasteiger partial charge in [-0.2, -0.15) is 8.42 Å². The number of aromatic nitrogens is 1. The zero-order valence-electron chi connectivity index (χ0n) is 21.2. The highest BCUT2D eigenvalue weighted by atomic mass is 79.9. The smallest absolute Gasteiger partial charge is 0.261 e. The molecule has 1 unspecified atom stereocenters. The second-order valence-electron chi connectivity index (χ2n) is 9.56. The molecule has 0 amide bonds. The summed E-state index contributed by atoms with van der Waals surface area (Å²) in [6.45, 7) is 6.96. The van der Waals surface area contributed by atoms with Gasteiger partial charge in [-0.25, -0.2) is 0 Å². The van der Waals surface area contributed by atoms with Gasteiger partial charge in [0, 0.05) is 40.8 Å². The number of benzene rings is 3. The van der Waals surface area contributed by atoms with Gasteiger partial charge in [0.2, 0.25) is 0 Å². The van der Waals surface area contributed by atoms with Crippen LogP contribution in [0.5, 0.6) is 5.75 Å². The summed E-state index contributed by atoms with van der Waals surface area (Å²) in [5.74, 6) is 0.915. The molecule has 2 aliphatic heterocycles. The Hall–Kier alpha value is -2.76. The topological polar surface area (TPSA) is 98.1 Å². The van der Waals surface area contributed by atoms with Crippen molar-refractivity contribution in [3.8, 4) is 5.75 Å². The number of para-hydroxylation sites is 1. The third-order valence-electron chi connectivity index (χ3n) is 6.94. The van der Waals surface area contributed by atoms with Crippen molar-refractivity contribution in [3.63, 3.8) is 0 Å². The van der Waals surface area contributed by atoms with Crippen LogP contribution in [0.3, 0.4) is 0 Å². The summed E-state index contributed by atoms with van der Waals surface area (Å²) in [5, 5.41) is 2.97. The molecular formula is C28H29BrN2O6S. The van der Waals surface area contributed by atoms with Gasteiger partial charge in [-0.15, -0.1) is 0 Å². The quantitative estimate of drug-likeness (QED) is 0.264. The van der Waals surface area contributed by atoms with E-state index < -0.39 is 10.1 Å². The van der Waals surface area contributed by atoms with Crippen LogP contribution in [-0.2, 0) is 14.9 Å². The molecule has 10 heteroatoms. The molecular weight excluding hydrogens is 572 g/mol. The van der Waals surface area contributed by atoms with Crippen LogP contribution in [0, 0.1) is 6.92 Å². The van der Waals surface area contributed by atoms with E-state index in [1.54, 1.807) is 0 Å². The summed E-state index contributed by atoms with van der Waals surface area (Å²) in [6.07, 6.45) is 0.715. The highest BCUT2D eigenvalue weighted by Crippen LogP contribution is 2.40. The predicted molar refractivity (Wildman–Crippen MR) is 151 cm³/mol. The van der Waals surface area contributed by atoms with Crippen LogP contribution in [0.15, 0.2) is 59.1 Å². The standard InChI is InChI=1S/C27H25BrN2O3.CH4O3S/c1-17-25(27(31)21-9-10-23(28)20-6-3-2-5-19(20)21)22-7-4-8-24-26(22)30(17)18(16-33-24)15-29-11-13-32-14-12-29;1-5(2,3)4/h2-10,18H,11-16H2,1H3;1H3,(H,2,3,4). The van der Waals surface area contributed by atoms with E-state index in [9.17, 15) is 13.2 Å². The Bertz CT molecular complexity index is 1620. The van der Waals surface area contributed by atoms with Crippen LogP contribution in [0.4, 0.5) is 0 Å². The molecule has 0 aliphatic carbocycles. The second-order valence-corrected chi connectivity index (χ2v) is 11.9. The van der Waals surface area contributed by atoms with Crippen molar-refractivity contribution in [1.29, 1.82) is 0 Å². The van der Waals surface area contributed by atoms with E-state index in [0.29, 0.717) is 12.9 Å². The highest BCUT2D eigenvalue weighted by Gasteiger charge is 2.31. The van der Waals surface area contributed by atoms with E-state index >= 15 is 0 Å². The summed E-state index contributed by atoms with van der Waals surface area (Å²) >= 11 is 3.63. The van der Waals surface area contributed by atoms with Crippen LogP contribution in [-0.4, -0.2) is 73.9 Å². The molecule has 200 valence electrons. The fraction of sp³-hybridized carbons (Fsp3) is 0.321. The van der Waals surface area contributed by atoms with E-state index in [1.807, 2.05) is 48.5 Å². The molecule has 3 aromatic carbocycles. The van der Waals surface area contributed by atoms with Crippen molar-refractivity contribution in [2.75, 3.05) is 45.7 Å². The Labute approximate surface area is 230 Å². The first-order valence-electron chi connectivity index (χ1n) is 12.3. The van der Waals surface area contributed by atoms with Gasteiger partial charge in [0.15, 0.2) is 5.78 Å². The molecule has 2 aliphatic rings. The number of nitrogens with zero attached hydrogens (tertiary/aromatic N) is 2. The number of hydrogen-bond acceptors (Lipinski definition) is 6. The summed E-state index contributed by atoms with van der Waals surface area (Å²) in [5.41, 5.74) is 3.54. The molecule has 3 heterocycles. The SMILES string of the molecule is CS(=O)(=O)O.Cc1c(C(=O)c2ccc(Br)c3ccccc23)c2cccc3c2n1C(CN1CCOCC1)CO3. The molecule has 1 saturated heterocycles. The molecule has 0 radical (unpaired) electrons. The van der Waals surface area contributed by atoms with Crippen molar-refractivity contribution in [3.05, 3.63) is 75.9 Å². The molecule has 8 nitrogen and oxygen atoms in total. The number of hydrogen-bond donors (Lipinski definition) is 1. The van der Waals surface area contributed by atoms with Crippen LogP contribution >= 0.6 is 15.9 Å². The van der Waals surface area contributed by atoms with Crippen LogP contribution in [0.1, 0.15) is 27.7 Å². The van der Waals surface area contributed by atoms with Gasteiger partial charge >= 0.3 is 0 Å². The maximum absolute atomic E-state index is 14.1. The number of ketones is 1. The minimum Gasteiger partial charge on any atom is -0.489 e. The molecule has 4 aromatic rings. The first-order chi connectivity index (χ1) is 18.1. The van der Waals surface area contributed by atoms with E-state index in [4.69, 9.17) is 14.0 Å². The minimum atomic E-state index is -3.67. The zero-order valence-corrected chi connectivity index (χ0v) is 23.6. The summed E-state index contributed by atoms with van der Waals surface area (Å²) in [4.78, 5) is 16.5. The minimum absolute atomic E-state index is 0.0594. The molecule has 0 saturated carbocycles. The van der Waals surface area contributed by atoms with Crippen LogP contribution < -0.4 is 4.74 Å². The lowest BCUT2D eigenvalue weighted by Crippen LogP contribution is -2.42. The predicted octanol–water partition coefficient (Wildman–Crippen LogP) is 4.87. The molecule has 38 heavy (non-hydrogen) atoms. The Balaban J connectivity index is 0.000000540. The number of morpholine rings is 1. The molecule has 1 aromatic heterocycles. The lowest BCUT2D eigenvalue weighted by atomic mass is 9.95. The summed E-state index contributed by atoms with van der Waals surface area (Å²) in [6, 6.07) is 18.2. The molecule has 0 spiro atoms. The number of ether oxygens (including phenoxy) is 2. The van der Waals surface area contributed by atoms with Gasteiger partial charge in [0.05, 0.1) is 36.6 Å². The lowest BCUT2D eigenvalue weighted by molar-refractivity contribution is 0.0272. The van der Waals surface area contributed by atoms with Crippen molar-refractivity contribution < 1.29 is 27.2 Å². The summed E-state index contributed by atoms with van der Waals surface area (Å²) in [7, 11) is -3.67. The molecule has 0 bridgehead atoms. The van der Waals surface area contributed by atoms with Gasteiger partial charge in [-0.3, -0.25) is 14.2 Å². The van der Waals surface area contributed by atoms with E-state index in [0.717, 1.165) is 81.6 Å². The maximum atomic E-state index is 14.1. The first-order valence-corrected chi connectivity index (χ1v) is 15.0. The van der Waals surface area contributed by atoms with Crippen LogP contribution in [0.2, 0.25) is 0 Å². The Morgan fingerprint density at radius 3 is 2.39 bits per heavy atom. The van der Waals surface area contributed by atoms with Crippen LogP contribution in [0.25, 0.3) is 21.7 Å². The van der Waals surface area contributed by atoms with Gasteiger partial charge in [-0.05, 0) is 35.9 Å². The van der Waals surface area contributed by atoms with Crippen molar-refractivity contribution >= 4 is 53.5 Å². The van der Waals surface area contributed by atoms with E-state index in [-0.39, 0.29) is 11.8 Å². The number of halogens is 1. The average Bonchev–Trinajstić information content (AvgIpc) is 3.19. The number of fused-ring (bicyclic) bond motifs is 1. The van der Waals surface area contributed by atoms with Gasteiger partial charge in [0.1, 0.15) is 12.4 Å². The fourth-order valence-electron chi connectivity index (χ4n) is 5.39. The number of rotatable bonds is 4. The van der Waals surface area contributed by atoms with E-state index in [2.05, 4.69) is 38.4 Å². The monoisotopic (exact) mass is 600 g/mol. The maximum Gasteiger partial charge on any atom is 0.261 e. The first kappa shape index (κ1) is 26.8. The van der Waals surface area contributed by atoms with Gasteiger partial charge in [0.25, 0.3) is 10.1 Å². The Kier molecular flexibility index (Phi) is 7.61. The van der Waals surface area contributed by atoms with E-state index in [1.165, 1.54) is 0 Å². The number of carbonyl (C=O) groups excluding carboxylic acids is 1. The van der Waals surface area contributed by atoms with Crippen molar-refractivity contribution in [2.45, 2.75) is 13.0 Å². The number of carbonyl (C=O) groups is 1. The molecule has 1 fully saturated rings. The van der Waals surface area contributed by atoms with Crippen molar-refractivity contribution in [2.24, 2.45) is 0 Å².